The Bertz CT molecular complexity index is 927. The molecule has 3 rings (SSSR count). The molecule has 1 saturated heterocycles. The summed E-state index contributed by atoms with van der Waals surface area (Å²) in [5, 5.41) is 12.0. The second kappa shape index (κ2) is 10.7. The number of unbranched alkanes of at least 4 members (excludes halogenated alkanes) is 1. The minimum atomic E-state index is -4.10. The van der Waals surface area contributed by atoms with Gasteiger partial charge in [-0.05, 0) is 50.4 Å². The quantitative estimate of drug-likeness (QED) is 0.371. The Labute approximate surface area is 185 Å². The van der Waals surface area contributed by atoms with E-state index in [9.17, 15) is 12.8 Å². The van der Waals surface area contributed by atoms with Crippen molar-refractivity contribution in [1.82, 2.24) is 15.6 Å². The molecule has 1 fully saturated rings. The molecule has 11 heteroatoms. The summed E-state index contributed by atoms with van der Waals surface area (Å²) in [4.78, 5) is 3.34. The smallest absolute Gasteiger partial charge is 0.266 e. The van der Waals surface area contributed by atoms with Crippen molar-refractivity contribution >= 4 is 43.8 Å². The minimum Gasteiger partial charge on any atom is -0.384 e. The van der Waals surface area contributed by atoms with E-state index < -0.39 is 20.7 Å². The Morgan fingerprint density at radius 3 is 2.83 bits per heavy atom. The number of nitrogens with one attached hydrogen (secondary N) is 4. The van der Waals surface area contributed by atoms with Gasteiger partial charge in [0, 0.05) is 30.7 Å². The second-order valence-corrected chi connectivity index (χ2v) is 10.4. The third kappa shape index (κ3) is 6.52. The number of hydrogen-bond acceptors (Lipinski definition) is 7. The third-order valence-corrected chi connectivity index (χ3v) is 7.38. The van der Waals surface area contributed by atoms with Crippen LogP contribution in [0.2, 0.25) is 5.02 Å². The number of hydrogen-bond donors (Lipinski definition) is 4. The number of benzene rings is 1. The second-order valence-electron chi connectivity index (χ2n) is 7.49. The molecule has 0 amide bonds. The molecular formula is C19H27ClFN5O2S2. The summed E-state index contributed by atoms with van der Waals surface area (Å²) in [5.41, 5.74) is 0.375. The van der Waals surface area contributed by atoms with Gasteiger partial charge in [0.1, 0.15) is 10.7 Å². The summed E-state index contributed by atoms with van der Waals surface area (Å²) in [5.74, 6) is -0.124. The number of thiazole rings is 1. The van der Waals surface area contributed by atoms with Crippen LogP contribution < -0.4 is 20.7 Å². The summed E-state index contributed by atoms with van der Waals surface area (Å²) in [7, 11) is -4.10. The maximum absolute atomic E-state index is 14.5. The van der Waals surface area contributed by atoms with Crippen molar-refractivity contribution in [3.8, 4) is 0 Å². The van der Waals surface area contributed by atoms with Crippen LogP contribution in [-0.4, -0.2) is 45.6 Å². The first kappa shape index (κ1) is 23.2. The summed E-state index contributed by atoms with van der Waals surface area (Å²) < 4.78 is 41.5. The van der Waals surface area contributed by atoms with E-state index in [-0.39, 0.29) is 10.2 Å². The van der Waals surface area contributed by atoms with E-state index in [0.29, 0.717) is 18.3 Å². The van der Waals surface area contributed by atoms with Crippen LogP contribution in [0.1, 0.15) is 26.2 Å². The minimum absolute atomic E-state index is 0.149. The van der Waals surface area contributed by atoms with Gasteiger partial charge in [-0.25, -0.2) is 17.8 Å². The Morgan fingerprint density at radius 2 is 2.13 bits per heavy atom. The van der Waals surface area contributed by atoms with Gasteiger partial charge in [-0.2, -0.15) is 0 Å². The molecule has 1 aromatic heterocycles. The summed E-state index contributed by atoms with van der Waals surface area (Å²) in [6.45, 7) is 5.85. The summed E-state index contributed by atoms with van der Waals surface area (Å²) >= 11 is 7.29. The molecule has 1 aromatic carbocycles. The Kier molecular flexibility index (Phi) is 8.29. The lowest BCUT2D eigenvalue weighted by molar-refractivity contribution is 0.516. The lowest BCUT2D eigenvalue weighted by Gasteiger charge is -2.13. The van der Waals surface area contributed by atoms with E-state index in [4.69, 9.17) is 11.6 Å². The number of halogens is 2. The normalized spacial score (nSPS) is 19.2. The highest BCUT2D eigenvalue weighted by Crippen LogP contribution is 2.29. The molecule has 2 heterocycles. The maximum atomic E-state index is 14.5. The zero-order valence-electron chi connectivity index (χ0n) is 16.7. The van der Waals surface area contributed by atoms with Gasteiger partial charge in [0.2, 0.25) is 0 Å². The predicted molar refractivity (Wildman–Crippen MR) is 120 cm³/mol. The molecule has 7 nitrogen and oxygen atoms in total. The van der Waals surface area contributed by atoms with Gasteiger partial charge in [-0.3, -0.25) is 4.72 Å². The molecule has 0 spiro atoms. The molecule has 1 aliphatic rings. The summed E-state index contributed by atoms with van der Waals surface area (Å²) in [6, 6.07) is 2.79. The van der Waals surface area contributed by atoms with Gasteiger partial charge in [-0.15, -0.1) is 11.3 Å². The average molecular weight is 476 g/mol. The predicted octanol–water partition coefficient (Wildman–Crippen LogP) is 3.52. The molecule has 0 unspecified atom stereocenters. The number of aromatic nitrogens is 1. The fourth-order valence-electron chi connectivity index (χ4n) is 3.36. The molecule has 0 aliphatic carbocycles. The molecule has 30 heavy (non-hydrogen) atoms. The van der Waals surface area contributed by atoms with Crippen molar-refractivity contribution in [2.24, 2.45) is 5.92 Å². The number of nitrogens with zero attached hydrogens (tertiary/aromatic N) is 1. The van der Waals surface area contributed by atoms with Crippen LogP contribution in [0.15, 0.2) is 28.6 Å². The van der Waals surface area contributed by atoms with Crippen molar-refractivity contribution in [3.05, 3.63) is 34.5 Å². The van der Waals surface area contributed by atoms with E-state index in [1.807, 2.05) is 0 Å². The lowest BCUT2D eigenvalue weighted by atomic mass is 10.1. The van der Waals surface area contributed by atoms with Crippen LogP contribution in [0.4, 0.5) is 15.2 Å². The highest BCUT2D eigenvalue weighted by atomic mass is 35.5. The Balaban J connectivity index is 1.44. The first-order valence-electron chi connectivity index (χ1n) is 9.94. The topological polar surface area (TPSA) is 95.1 Å². The average Bonchev–Trinajstić information content (AvgIpc) is 3.34. The number of anilines is 2. The van der Waals surface area contributed by atoms with Crippen molar-refractivity contribution in [1.29, 1.82) is 0 Å². The number of sulfonamides is 1. The van der Waals surface area contributed by atoms with Crippen LogP contribution in [0.25, 0.3) is 0 Å². The van der Waals surface area contributed by atoms with Gasteiger partial charge in [-0.1, -0.05) is 18.5 Å². The standard InChI is InChI=1S/C19H27ClFN5O2S2/c1-13-8-14(25-11-13)12-22-4-2-3-5-23-17-10-16(21)18(9-15(17)20)30(27,28)26-19-24-6-7-29-19/h6-7,9-10,13-14,22-23,25H,2-5,8,11-12H2,1H3,(H,24,26)/t13-,14-/m0/s1. The largest absolute Gasteiger partial charge is 0.384 e. The zero-order valence-corrected chi connectivity index (χ0v) is 19.1. The molecule has 166 valence electrons. The highest BCUT2D eigenvalue weighted by molar-refractivity contribution is 7.93. The van der Waals surface area contributed by atoms with Gasteiger partial charge >= 0.3 is 0 Å². The van der Waals surface area contributed by atoms with Crippen molar-refractivity contribution in [2.45, 2.75) is 37.1 Å². The van der Waals surface area contributed by atoms with Crippen LogP contribution >= 0.6 is 22.9 Å². The van der Waals surface area contributed by atoms with Gasteiger partial charge in [0.25, 0.3) is 10.0 Å². The van der Waals surface area contributed by atoms with E-state index in [1.165, 1.54) is 12.6 Å². The number of rotatable bonds is 11. The molecule has 4 N–H and O–H groups in total. The molecular weight excluding hydrogens is 449 g/mol. The van der Waals surface area contributed by atoms with Crippen LogP contribution in [-0.2, 0) is 10.0 Å². The molecule has 0 radical (unpaired) electrons. The van der Waals surface area contributed by atoms with E-state index in [1.54, 1.807) is 5.38 Å². The maximum Gasteiger partial charge on any atom is 0.266 e. The fraction of sp³-hybridized carbons (Fsp3) is 0.526. The van der Waals surface area contributed by atoms with Crippen LogP contribution in [0.3, 0.4) is 0 Å². The van der Waals surface area contributed by atoms with E-state index in [0.717, 1.165) is 61.9 Å². The Morgan fingerprint density at radius 1 is 1.33 bits per heavy atom. The Hall–Kier alpha value is -1.46. The van der Waals surface area contributed by atoms with Crippen molar-refractivity contribution in [3.63, 3.8) is 0 Å². The molecule has 2 atom stereocenters. The zero-order chi connectivity index (χ0) is 21.6. The third-order valence-electron chi connectivity index (χ3n) is 4.89. The van der Waals surface area contributed by atoms with E-state index in [2.05, 4.69) is 32.6 Å². The van der Waals surface area contributed by atoms with Crippen molar-refractivity contribution < 1.29 is 12.8 Å². The first-order chi connectivity index (χ1) is 14.3. The molecule has 0 saturated carbocycles. The monoisotopic (exact) mass is 475 g/mol. The highest BCUT2D eigenvalue weighted by Gasteiger charge is 2.22. The summed E-state index contributed by atoms with van der Waals surface area (Å²) in [6.07, 6.45) is 4.52. The molecule has 0 bridgehead atoms. The fourth-order valence-corrected chi connectivity index (χ4v) is 5.53. The van der Waals surface area contributed by atoms with Gasteiger partial charge in [0.05, 0.1) is 10.7 Å². The van der Waals surface area contributed by atoms with Crippen LogP contribution in [0.5, 0.6) is 0 Å². The lowest BCUT2D eigenvalue weighted by Crippen LogP contribution is -2.34. The van der Waals surface area contributed by atoms with Crippen LogP contribution in [0, 0.1) is 11.7 Å². The molecule has 1 aliphatic heterocycles. The van der Waals surface area contributed by atoms with Crippen molar-refractivity contribution in [2.75, 3.05) is 36.2 Å². The van der Waals surface area contributed by atoms with Gasteiger partial charge < -0.3 is 16.0 Å². The SMILES string of the molecule is C[C@@H]1CN[C@H](CNCCCCNc2cc(F)c(S(=O)(=O)Nc3nccs3)cc2Cl)C1. The first-order valence-corrected chi connectivity index (χ1v) is 12.7. The van der Waals surface area contributed by atoms with Gasteiger partial charge in [0.15, 0.2) is 5.13 Å². The van der Waals surface area contributed by atoms with E-state index >= 15 is 0 Å². The molecule has 2 aromatic rings.